The Morgan fingerprint density at radius 2 is 1.36 bits per heavy atom. The van der Waals surface area contributed by atoms with Crippen molar-refractivity contribution in [3.05, 3.63) is 82.6 Å². The largest absolute Gasteiger partial charge is 0.240 e. The van der Waals surface area contributed by atoms with Gasteiger partial charge < -0.3 is 0 Å². The van der Waals surface area contributed by atoms with E-state index in [0.717, 1.165) is 48.5 Å². The molecule has 2 aromatic carbocycles. The zero-order valence-electron chi connectivity index (χ0n) is 14.2. The molecular formula is C18H15F2NO4S3. The van der Waals surface area contributed by atoms with Crippen molar-refractivity contribution in [1.29, 1.82) is 0 Å². The minimum Gasteiger partial charge on any atom is -0.223 e. The summed E-state index contributed by atoms with van der Waals surface area (Å²) in [4.78, 5) is 0.137. The Morgan fingerprint density at radius 3 is 1.86 bits per heavy atom. The zero-order chi connectivity index (χ0) is 20.4. The molecule has 3 aromatic rings. The molecule has 28 heavy (non-hydrogen) atoms. The van der Waals surface area contributed by atoms with Crippen LogP contribution in [0.1, 0.15) is 10.1 Å². The number of sulfone groups is 1. The van der Waals surface area contributed by atoms with E-state index in [1.54, 1.807) is 17.5 Å². The number of nitrogens with one attached hydrogen (secondary N) is 1. The van der Waals surface area contributed by atoms with Crippen molar-refractivity contribution < 1.29 is 25.6 Å². The topological polar surface area (TPSA) is 80.3 Å². The number of hydrogen-bond acceptors (Lipinski definition) is 5. The molecule has 5 nitrogen and oxygen atoms in total. The third-order valence-electron chi connectivity index (χ3n) is 3.96. The second-order valence-corrected chi connectivity index (χ2v) is 10.7. The van der Waals surface area contributed by atoms with Gasteiger partial charge in [0, 0.05) is 11.4 Å². The molecule has 10 heteroatoms. The monoisotopic (exact) mass is 443 g/mol. The first kappa shape index (κ1) is 20.6. The number of halogens is 2. The van der Waals surface area contributed by atoms with E-state index in [2.05, 4.69) is 4.72 Å². The summed E-state index contributed by atoms with van der Waals surface area (Å²) in [5.41, 5.74) is 0. The minimum absolute atomic E-state index is 0.117. The second-order valence-electron chi connectivity index (χ2n) is 5.81. The molecular weight excluding hydrogens is 428 g/mol. The predicted octanol–water partition coefficient (Wildman–Crippen LogP) is 3.52. The highest BCUT2D eigenvalue weighted by Crippen LogP contribution is 2.31. The highest BCUT2D eigenvalue weighted by molar-refractivity contribution is 7.92. The van der Waals surface area contributed by atoms with Crippen molar-refractivity contribution in [2.75, 3.05) is 6.54 Å². The molecule has 1 atom stereocenters. The van der Waals surface area contributed by atoms with Gasteiger partial charge in [-0.3, -0.25) is 0 Å². The lowest BCUT2D eigenvalue weighted by molar-refractivity contribution is 0.569. The Morgan fingerprint density at radius 1 is 0.821 bits per heavy atom. The Kier molecular flexibility index (Phi) is 5.94. The second kappa shape index (κ2) is 8.08. The average Bonchev–Trinajstić information content (AvgIpc) is 3.16. The quantitative estimate of drug-likeness (QED) is 0.567. The van der Waals surface area contributed by atoms with Crippen LogP contribution in [0.4, 0.5) is 8.78 Å². The molecule has 0 radical (unpaired) electrons. The molecule has 3 rings (SSSR count). The maximum Gasteiger partial charge on any atom is 0.240 e. The summed E-state index contributed by atoms with van der Waals surface area (Å²) in [6.45, 7) is -0.431. The lowest BCUT2D eigenvalue weighted by atomic mass is 10.3. The third kappa shape index (κ3) is 4.46. The van der Waals surface area contributed by atoms with E-state index >= 15 is 0 Å². The van der Waals surface area contributed by atoms with Gasteiger partial charge in [0.15, 0.2) is 9.84 Å². The molecule has 0 saturated carbocycles. The molecule has 1 aromatic heterocycles. The number of sulfonamides is 1. The average molecular weight is 444 g/mol. The highest BCUT2D eigenvalue weighted by atomic mass is 32.2. The van der Waals surface area contributed by atoms with Crippen molar-refractivity contribution in [3.63, 3.8) is 0 Å². The Balaban J connectivity index is 1.91. The summed E-state index contributed by atoms with van der Waals surface area (Å²) < 4.78 is 79.4. The van der Waals surface area contributed by atoms with E-state index in [-0.39, 0.29) is 9.79 Å². The number of benzene rings is 2. The van der Waals surface area contributed by atoms with E-state index in [4.69, 9.17) is 0 Å². The van der Waals surface area contributed by atoms with Crippen LogP contribution in [0.3, 0.4) is 0 Å². The van der Waals surface area contributed by atoms with Gasteiger partial charge in [0.1, 0.15) is 16.9 Å². The van der Waals surface area contributed by atoms with Crippen LogP contribution in [0.15, 0.2) is 75.8 Å². The highest BCUT2D eigenvalue weighted by Gasteiger charge is 2.31. The van der Waals surface area contributed by atoms with Crippen LogP contribution in [-0.4, -0.2) is 23.4 Å². The SMILES string of the molecule is O=S(=O)(NCC(c1cccs1)S(=O)(=O)c1ccc(F)cc1)c1ccc(F)cc1. The smallest absolute Gasteiger partial charge is 0.223 e. The fourth-order valence-corrected chi connectivity index (χ4v) is 6.45. The molecule has 0 aliphatic heterocycles. The summed E-state index contributed by atoms with van der Waals surface area (Å²) in [7, 11) is -8.04. The van der Waals surface area contributed by atoms with Crippen molar-refractivity contribution in [2.24, 2.45) is 0 Å². The van der Waals surface area contributed by atoms with Crippen molar-refractivity contribution in [2.45, 2.75) is 15.0 Å². The molecule has 0 saturated heterocycles. The Labute approximate surface area is 165 Å². The standard InChI is InChI=1S/C18H15F2NO4S3/c19-13-3-7-15(8-4-13)27(22,23)18(17-2-1-11-26-17)12-21-28(24,25)16-9-5-14(20)6-10-16/h1-11,18,21H,12H2. The normalized spacial score (nSPS) is 13.4. The van der Waals surface area contributed by atoms with Crippen molar-refractivity contribution in [1.82, 2.24) is 4.72 Å². The van der Waals surface area contributed by atoms with Crippen LogP contribution >= 0.6 is 11.3 Å². The first-order valence-electron chi connectivity index (χ1n) is 7.98. The van der Waals surface area contributed by atoms with Gasteiger partial charge in [-0.15, -0.1) is 11.3 Å². The van der Waals surface area contributed by atoms with E-state index < -0.39 is 43.3 Å². The van der Waals surface area contributed by atoms with Crippen LogP contribution in [0.25, 0.3) is 0 Å². The molecule has 1 heterocycles. The summed E-state index contributed by atoms with van der Waals surface area (Å²) in [5, 5.41) is 0.477. The molecule has 0 bridgehead atoms. The maximum absolute atomic E-state index is 13.2. The summed E-state index contributed by atoms with van der Waals surface area (Å²) in [5.74, 6) is -1.17. The Hall–Kier alpha value is -2.14. The maximum atomic E-state index is 13.2. The lowest BCUT2D eigenvalue weighted by Gasteiger charge is -2.17. The predicted molar refractivity (Wildman–Crippen MR) is 102 cm³/mol. The van der Waals surface area contributed by atoms with Gasteiger partial charge in [0.2, 0.25) is 10.0 Å². The number of hydrogen-bond donors (Lipinski definition) is 1. The van der Waals surface area contributed by atoms with Crippen LogP contribution in [-0.2, 0) is 19.9 Å². The lowest BCUT2D eigenvalue weighted by Crippen LogP contribution is -2.31. The fourth-order valence-electron chi connectivity index (χ4n) is 2.51. The van der Waals surface area contributed by atoms with Crippen LogP contribution in [0, 0.1) is 11.6 Å². The van der Waals surface area contributed by atoms with Gasteiger partial charge in [-0.25, -0.2) is 30.3 Å². The van der Waals surface area contributed by atoms with E-state index in [0.29, 0.717) is 4.88 Å². The number of rotatable bonds is 7. The first-order valence-corrected chi connectivity index (χ1v) is 11.9. The van der Waals surface area contributed by atoms with Gasteiger partial charge in [0.05, 0.1) is 9.79 Å². The van der Waals surface area contributed by atoms with Gasteiger partial charge in [-0.1, -0.05) is 6.07 Å². The Bertz CT molecular complexity index is 1140. The van der Waals surface area contributed by atoms with E-state index in [1.165, 1.54) is 11.3 Å². The van der Waals surface area contributed by atoms with Gasteiger partial charge in [0.25, 0.3) is 0 Å². The summed E-state index contributed by atoms with van der Waals surface area (Å²) in [6, 6.07) is 11.8. The molecule has 0 aliphatic rings. The zero-order valence-corrected chi connectivity index (χ0v) is 16.7. The molecule has 0 spiro atoms. The molecule has 148 valence electrons. The molecule has 0 fully saturated rings. The van der Waals surface area contributed by atoms with Crippen LogP contribution in [0.2, 0.25) is 0 Å². The van der Waals surface area contributed by atoms with Gasteiger partial charge in [-0.2, -0.15) is 0 Å². The summed E-state index contributed by atoms with van der Waals surface area (Å²) in [6.07, 6.45) is 0. The van der Waals surface area contributed by atoms with Crippen LogP contribution < -0.4 is 4.72 Å². The van der Waals surface area contributed by atoms with E-state index in [9.17, 15) is 25.6 Å². The fraction of sp³-hybridized carbons (Fsp3) is 0.111. The minimum atomic E-state index is -4.05. The van der Waals surface area contributed by atoms with Gasteiger partial charge in [-0.05, 0) is 60.0 Å². The molecule has 1 unspecified atom stereocenters. The third-order valence-corrected chi connectivity index (χ3v) is 8.63. The van der Waals surface area contributed by atoms with Crippen molar-refractivity contribution >= 4 is 31.2 Å². The first-order chi connectivity index (χ1) is 13.2. The molecule has 0 aliphatic carbocycles. The molecule has 1 N–H and O–H groups in total. The summed E-state index contributed by atoms with van der Waals surface area (Å²) >= 11 is 1.17. The van der Waals surface area contributed by atoms with Crippen LogP contribution in [0.5, 0.6) is 0 Å². The van der Waals surface area contributed by atoms with Gasteiger partial charge >= 0.3 is 0 Å². The molecule has 0 amide bonds. The van der Waals surface area contributed by atoms with E-state index in [1.807, 2.05) is 0 Å². The van der Waals surface area contributed by atoms with Crippen molar-refractivity contribution in [3.8, 4) is 0 Å². The number of thiophene rings is 1.